The number of aliphatic hydroxyl groups is 1. The molecule has 9 nitrogen and oxygen atoms in total. The second-order valence-corrected chi connectivity index (χ2v) is 10.6. The highest BCUT2D eigenvalue weighted by Gasteiger charge is 2.44. The van der Waals surface area contributed by atoms with Crippen molar-refractivity contribution in [3.05, 3.63) is 48.6 Å². The lowest BCUT2D eigenvalue weighted by Crippen LogP contribution is -2.58. The van der Waals surface area contributed by atoms with Crippen LogP contribution in [0.15, 0.2) is 43.0 Å². The number of nitrogens with one attached hydrogen (secondary N) is 2. The summed E-state index contributed by atoms with van der Waals surface area (Å²) in [5, 5.41) is 16.1. The summed E-state index contributed by atoms with van der Waals surface area (Å²) in [7, 11) is 0. The van der Waals surface area contributed by atoms with Gasteiger partial charge in [0.15, 0.2) is 6.10 Å². The lowest BCUT2D eigenvalue weighted by atomic mass is 9.94. The fourth-order valence-corrected chi connectivity index (χ4v) is 4.95. The number of hydrogen-bond acceptors (Lipinski definition) is 5. The van der Waals surface area contributed by atoms with Gasteiger partial charge in [-0.05, 0) is 36.7 Å². The molecule has 3 rings (SSSR count). The third kappa shape index (κ3) is 7.64. The summed E-state index contributed by atoms with van der Waals surface area (Å²) in [6.07, 6.45) is 4.02. The molecule has 4 amide bonds. The highest BCUT2D eigenvalue weighted by atomic mass is 16.3. The molecule has 0 spiro atoms. The summed E-state index contributed by atoms with van der Waals surface area (Å²) >= 11 is 0. The van der Waals surface area contributed by atoms with E-state index in [2.05, 4.69) is 17.2 Å². The summed E-state index contributed by atoms with van der Waals surface area (Å²) < 4.78 is 0. The third-order valence-corrected chi connectivity index (χ3v) is 7.25. The first-order chi connectivity index (χ1) is 17.6. The lowest BCUT2D eigenvalue weighted by Gasteiger charge is -2.32. The zero-order valence-electron chi connectivity index (χ0n) is 21.8. The van der Waals surface area contributed by atoms with Crippen molar-refractivity contribution in [2.75, 3.05) is 6.54 Å². The predicted molar refractivity (Wildman–Crippen MR) is 140 cm³/mol. The quantitative estimate of drug-likeness (QED) is 0.295. The average molecular weight is 513 g/mol. The van der Waals surface area contributed by atoms with Crippen LogP contribution < -0.4 is 16.4 Å². The Morgan fingerprint density at radius 3 is 2.38 bits per heavy atom. The number of benzene rings is 1. The smallest absolute Gasteiger partial charge is 0.248 e. The lowest BCUT2D eigenvalue weighted by molar-refractivity contribution is -0.143. The molecule has 1 aromatic carbocycles. The maximum absolute atomic E-state index is 13.9. The van der Waals surface area contributed by atoms with Gasteiger partial charge in [-0.15, -0.1) is 6.58 Å². The third-order valence-electron chi connectivity index (χ3n) is 7.25. The van der Waals surface area contributed by atoms with Gasteiger partial charge in [-0.25, -0.2) is 0 Å². The number of carbonyl (C=O) groups is 4. The minimum absolute atomic E-state index is 0.174. The Morgan fingerprint density at radius 1 is 1.14 bits per heavy atom. The van der Waals surface area contributed by atoms with E-state index in [-0.39, 0.29) is 23.7 Å². The van der Waals surface area contributed by atoms with Gasteiger partial charge >= 0.3 is 0 Å². The van der Waals surface area contributed by atoms with E-state index in [1.807, 2.05) is 30.3 Å². The minimum Gasteiger partial charge on any atom is -0.381 e. The number of hydrogen-bond donors (Lipinski definition) is 4. The van der Waals surface area contributed by atoms with Crippen LogP contribution in [-0.2, 0) is 25.6 Å². The summed E-state index contributed by atoms with van der Waals surface area (Å²) in [6.45, 7) is 7.67. The molecule has 0 bridgehead atoms. The van der Waals surface area contributed by atoms with Gasteiger partial charge in [0.2, 0.25) is 23.6 Å². The van der Waals surface area contributed by atoms with Crippen molar-refractivity contribution in [2.45, 2.75) is 76.6 Å². The van der Waals surface area contributed by atoms with E-state index in [9.17, 15) is 24.3 Å². The fourth-order valence-electron chi connectivity index (χ4n) is 4.95. The minimum atomic E-state index is -1.51. The first kappa shape index (κ1) is 28.4. The Bertz CT molecular complexity index is 978. The molecule has 5 N–H and O–H groups in total. The van der Waals surface area contributed by atoms with Gasteiger partial charge in [-0.3, -0.25) is 19.2 Å². The molecule has 0 aromatic heterocycles. The first-order valence-electron chi connectivity index (χ1n) is 13.2. The number of aliphatic hydroxyl groups excluding tert-OH is 1. The second-order valence-electron chi connectivity index (χ2n) is 10.6. The number of allylic oxidation sites excluding steroid dienone is 1. The Kier molecular flexibility index (Phi) is 9.86. The SMILES string of the molecule is C=CC[C@H]1CCN(C(=O)[C@H](Cc2ccccc2)NC(=O)C(C)C)[C@@H]1C(=O)NC(CC1CC1)C(O)C(N)=O. The number of amides is 4. The molecule has 2 aliphatic rings. The molecule has 37 heavy (non-hydrogen) atoms. The molecule has 202 valence electrons. The molecule has 0 radical (unpaired) electrons. The standard InChI is InChI=1S/C28H40N4O5/c1-4-8-20-13-14-32(23(20)27(36)30-21(15-19-11-12-19)24(33)25(29)34)28(37)22(31-26(35)17(2)3)16-18-9-6-5-7-10-18/h4-7,9-10,17,19-24,33H,1,8,11-16H2,2-3H3,(H2,29,34)(H,30,36)(H,31,35)/t20-,21?,22-,23-,24?/m0/s1. The van der Waals surface area contributed by atoms with Crippen molar-refractivity contribution >= 4 is 23.6 Å². The monoisotopic (exact) mass is 512 g/mol. The van der Waals surface area contributed by atoms with Crippen LogP contribution in [0.1, 0.15) is 51.5 Å². The molecular formula is C28H40N4O5. The van der Waals surface area contributed by atoms with Crippen molar-refractivity contribution < 1.29 is 24.3 Å². The van der Waals surface area contributed by atoms with Crippen molar-refractivity contribution in [1.82, 2.24) is 15.5 Å². The normalized spacial score (nSPS) is 21.7. The molecule has 1 heterocycles. The zero-order chi connectivity index (χ0) is 27.1. The van der Waals surface area contributed by atoms with Gasteiger partial charge in [0.25, 0.3) is 0 Å². The van der Waals surface area contributed by atoms with Gasteiger partial charge in [-0.1, -0.05) is 63.1 Å². The topological polar surface area (TPSA) is 142 Å². The van der Waals surface area contributed by atoms with E-state index in [1.165, 1.54) is 4.90 Å². The van der Waals surface area contributed by atoms with Crippen molar-refractivity contribution in [3.8, 4) is 0 Å². The Hall–Kier alpha value is -3.20. The van der Waals surface area contributed by atoms with Crippen LogP contribution in [-0.4, -0.2) is 64.4 Å². The highest BCUT2D eigenvalue weighted by molar-refractivity contribution is 5.93. The molecule has 1 aliphatic heterocycles. The molecule has 1 saturated heterocycles. The van der Waals surface area contributed by atoms with Crippen molar-refractivity contribution in [3.63, 3.8) is 0 Å². The number of likely N-dealkylation sites (tertiary alicyclic amines) is 1. The van der Waals surface area contributed by atoms with Crippen LogP contribution in [0.25, 0.3) is 0 Å². The number of primary amides is 1. The summed E-state index contributed by atoms with van der Waals surface area (Å²) in [4.78, 5) is 53.3. The van der Waals surface area contributed by atoms with Gasteiger partial charge in [0.1, 0.15) is 12.1 Å². The van der Waals surface area contributed by atoms with Crippen molar-refractivity contribution in [2.24, 2.45) is 23.5 Å². The Labute approximate surface area is 218 Å². The largest absolute Gasteiger partial charge is 0.381 e. The van der Waals surface area contributed by atoms with E-state index >= 15 is 0 Å². The molecule has 9 heteroatoms. The van der Waals surface area contributed by atoms with Crippen LogP contribution in [0.5, 0.6) is 0 Å². The average Bonchev–Trinajstić information content (AvgIpc) is 3.59. The van der Waals surface area contributed by atoms with E-state index in [1.54, 1.807) is 19.9 Å². The van der Waals surface area contributed by atoms with Crippen LogP contribution in [0.2, 0.25) is 0 Å². The number of carbonyl (C=O) groups excluding carboxylic acids is 4. The molecule has 1 aromatic rings. The maximum Gasteiger partial charge on any atom is 0.248 e. The van der Waals surface area contributed by atoms with Crippen LogP contribution in [0, 0.1) is 17.8 Å². The maximum atomic E-state index is 13.9. The number of nitrogens with two attached hydrogens (primary N) is 1. The Balaban J connectivity index is 1.84. The van der Waals surface area contributed by atoms with E-state index in [4.69, 9.17) is 5.73 Å². The zero-order valence-corrected chi connectivity index (χ0v) is 21.8. The molecule has 2 fully saturated rings. The van der Waals surface area contributed by atoms with Crippen LogP contribution in [0.4, 0.5) is 0 Å². The second kappa shape index (κ2) is 12.9. The van der Waals surface area contributed by atoms with E-state index in [0.717, 1.165) is 18.4 Å². The van der Waals surface area contributed by atoms with Gasteiger partial charge in [0.05, 0.1) is 6.04 Å². The molecule has 1 saturated carbocycles. The van der Waals surface area contributed by atoms with Gasteiger partial charge in [0, 0.05) is 18.9 Å². The van der Waals surface area contributed by atoms with Crippen molar-refractivity contribution in [1.29, 1.82) is 0 Å². The highest BCUT2D eigenvalue weighted by Crippen LogP contribution is 2.35. The molecule has 1 aliphatic carbocycles. The molecule has 2 unspecified atom stereocenters. The molecular weight excluding hydrogens is 472 g/mol. The molecule has 5 atom stereocenters. The fraction of sp³-hybridized carbons (Fsp3) is 0.571. The summed E-state index contributed by atoms with van der Waals surface area (Å²) in [6, 6.07) is 6.94. The Morgan fingerprint density at radius 2 is 1.81 bits per heavy atom. The predicted octanol–water partition coefficient (Wildman–Crippen LogP) is 1.29. The summed E-state index contributed by atoms with van der Waals surface area (Å²) in [5.41, 5.74) is 6.23. The number of rotatable bonds is 13. The van der Waals surface area contributed by atoms with Gasteiger partial charge < -0.3 is 26.4 Å². The van der Waals surface area contributed by atoms with Crippen LogP contribution >= 0.6 is 0 Å². The summed E-state index contributed by atoms with van der Waals surface area (Å²) in [5.74, 6) is -2.07. The van der Waals surface area contributed by atoms with Gasteiger partial charge in [-0.2, -0.15) is 0 Å². The van der Waals surface area contributed by atoms with E-state index in [0.29, 0.717) is 38.1 Å². The van der Waals surface area contributed by atoms with Crippen LogP contribution in [0.3, 0.4) is 0 Å². The number of nitrogens with zero attached hydrogens (tertiary/aromatic N) is 1. The van der Waals surface area contributed by atoms with E-state index < -0.39 is 36.0 Å². The first-order valence-corrected chi connectivity index (χ1v) is 13.2.